The Morgan fingerprint density at radius 2 is 2.11 bits per heavy atom. The van der Waals surface area contributed by atoms with Gasteiger partial charge in [0.15, 0.2) is 0 Å². The lowest BCUT2D eigenvalue weighted by Crippen LogP contribution is -2.16. The minimum atomic E-state index is -0.00924. The van der Waals surface area contributed by atoms with E-state index in [1.807, 2.05) is 18.2 Å². The molecule has 1 aromatic carbocycles. The predicted octanol–water partition coefficient (Wildman–Crippen LogP) is 3.90. The van der Waals surface area contributed by atoms with Gasteiger partial charge in [-0.25, -0.2) is 4.98 Å². The number of rotatable bonds is 5. The Labute approximate surface area is 113 Å². The van der Waals surface area contributed by atoms with Crippen molar-refractivity contribution < 1.29 is 0 Å². The van der Waals surface area contributed by atoms with Gasteiger partial charge in [0.25, 0.3) is 0 Å². The Kier molecular flexibility index (Phi) is 4.25. The number of imidazole rings is 1. The summed E-state index contributed by atoms with van der Waals surface area (Å²) in [4.78, 5) is 4.66. The fraction of sp³-hybridized carbons (Fsp3) is 0.500. The standard InChI is InChI=1S/C14H20ClN3/c1-3-6-11(16)14-17-12-8-5-7-10(15)13(12)18(14)9-4-2/h5,7-8,11H,3-4,6,9,16H2,1-2H3. The monoisotopic (exact) mass is 265 g/mol. The molecular weight excluding hydrogens is 246 g/mol. The van der Waals surface area contributed by atoms with E-state index < -0.39 is 0 Å². The zero-order valence-electron chi connectivity index (χ0n) is 11.0. The average molecular weight is 266 g/mol. The maximum Gasteiger partial charge on any atom is 0.126 e. The molecule has 1 heterocycles. The number of fused-ring (bicyclic) bond motifs is 1. The molecule has 0 saturated carbocycles. The van der Waals surface area contributed by atoms with E-state index >= 15 is 0 Å². The van der Waals surface area contributed by atoms with Crippen molar-refractivity contribution in [1.29, 1.82) is 0 Å². The number of benzene rings is 1. The summed E-state index contributed by atoms with van der Waals surface area (Å²) < 4.78 is 2.18. The van der Waals surface area contributed by atoms with Crippen LogP contribution in [0.5, 0.6) is 0 Å². The van der Waals surface area contributed by atoms with Gasteiger partial charge in [-0.2, -0.15) is 0 Å². The van der Waals surface area contributed by atoms with E-state index in [-0.39, 0.29) is 6.04 Å². The molecule has 0 bridgehead atoms. The highest BCUT2D eigenvalue weighted by atomic mass is 35.5. The normalized spacial score (nSPS) is 13.1. The molecule has 0 fully saturated rings. The highest BCUT2D eigenvalue weighted by Gasteiger charge is 2.17. The van der Waals surface area contributed by atoms with Crippen molar-refractivity contribution in [3.05, 3.63) is 29.0 Å². The largest absolute Gasteiger partial charge is 0.325 e. The number of hydrogen-bond donors (Lipinski definition) is 1. The quantitative estimate of drug-likeness (QED) is 0.891. The second-order valence-corrected chi connectivity index (χ2v) is 5.03. The molecule has 0 aliphatic heterocycles. The summed E-state index contributed by atoms with van der Waals surface area (Å²) in [5.74, 6) is 0.960. The molecule has 1 atom stereocenters. The van der Waals surface area contributed by atoms with Crippen molar-refractivity contribution in [2.24, 2.45) is 5.73 Å². The van der Waals surface area contributed by atoms with Crippen LogP contribution >= 0.6 is 11.6 Å². The molecular formula is C14H20ClN3. The number of para-hydroxylation sites is 1. The molecule has 0 saturated heterocycles. The smallest absolute Gasteiger partial charge is 0.126 e. The molecule has 0 radical (unpaired) electrons. The molecule has 2 aromatic rings. The van der Waals surface area contributed by atoms with Gasteiger partial charge >= 0.3 is 0 Å². The third-order valence-corrected chi connectivity index (χ3v) is 3.43. The maximum atomic E-state index is 6.29. The van der Waals surface area contributed by atoms with Gasteiger partial charge in [0.05, 0.1) is 22.1 Å². The second kappa shape index (κ2) is 5.72. The highest BCUT2D eigenvalue weighted by Crippen LogP contribution is 2.28. The van der Waals surface area contributed by atoms with Gasteiger partial charge in [0.1, 0.15) is 5.82 Å². The molecule has 98 valence electrons. The van der Waals surface area contributed by atoms with Crippen LogP contribution in [0.3, 0.4) is 0 Å². The van der Waals surface area contributed by atoms with Gasteiger partial charge in [-0.15, -0.1) is 0 Å². The zero-order valence-corrected chi connectivity index (χ0v) is 11.7. The summed E-state index contributed by atoms with van der Waals surface area (Å²) in [5.41, 5.74) is 8.18. The number of halogens is 1. The summed E-state index contributed by atoms with van der Waals surface area (Å²) in [5, 5.41) is 0.753. The molecule has 18 heavy (non-hydrogen) atoms. The van der Waals surface area contributed by atoms with Crippen molar-refractivity contribution in [2.75, 3.05) is 0 Å². The first kappa shape index (κ1) is 13.4. The van der Waals surface area contributed by atoms with E-state index in [2.05, 4.69) is 23.4 Å². The first-order valence-corrected chi connectivity index (χ1v) is 6.97. The lowest BCUT2D eigenvalue weighted by Gasteiger charge is -2.13. The zero-order chi connectivity index (χ0) is 13.1. The number of hydrogen-bond acceptors (Lipinski definition) is 2. The number of aryl methyl sites for hydroxylation is 1. The van der Waals surface area contributed by atoms with Crippen LogP contribution in [-0.2, 0) is 6.54 Å². The third-order valence-electron chi connectivity index (χ3n) is 3.13. The predicted molar refractivity (Wildman–Crippen MR) is 76.9 cm³/mol. The first-order chi connectivity index (χ1) is 8.69. The lowest BCUT2D eigenvalue weighted by atomic mass is 10.1. The average Bonchev–Trinajstić information content (AvgIpc) is 2.70. The molecule has 1 unspecified atom stereocenters. The minimum Gasteiger partial charge on any atom is -0.325 e. The van der Waals surface area contributed by atoms with Crippen molar-refractivity contribution in [3.63, 3.8) is 0 Å². The molecule has 4 heteroatoms. The lowest BCUT2D eigenvalue weighted by molar-refractivity contribution is 0.552. The van der Waals surface area contributed by atoms with Gasteiger partial charge in [0.2, 0.25) is 0 Å². The van der Waals surface area contributed by atoms with Crippen LogP contribution in [0.4, 0.5) is 0 Å². The van der Waals surface area contributed by atoms with Gasteiger partial charge in [0, 0.05) is 6.54 Å². The summed E-state index contributed by atoms with van der Waals surface area (Å²) in [6.45, 7) is 5.20. The van der Waals surface area contributed by atoms with Crippen LogP contribution in [0.1, 0.15) is 45.0 Å². The Morgan fingerprint density at radius 1 is 1.33 bits per heavy atom. The molecule has 0 aliphatic rings. The van der Waals surface area contributed by atoms with Gasteiger partial charge < -0.3 is 10.3 Å². The van der Waals surface area contributed by atoms with Crippen LogP contribution in [0.15, 0.2) is 18.2 Å². The van der Waals surface area contributed by atoms with Gasteiger partial charge in [-0.05, 0) is 25.0 Å². The van der Waals surface area contributed by atoms with E-state index in [0.717, 1.165) is 47.7 Å². The maximum absolute atomic E-state index is 6.29. The molecule has 1 aromatic heterocycles. The van der Waals surface area contributed by atoms with Gasteiger partial charge in [-0.3, -0.25) is 0 Å². The van der Waals surface area contributed by atoms with Crippen LogP contribution < -0.4 is 5.73 Å². The third kappa shape index (κ3) is 2.38. The van der Waals surface area contributed by atoms with Crippen LogP contribution in [0.25, 0.3) is 11.0 Å². The first-order valence-electron chi connectivity index (χ1n) is 6.59. The topological polar surface area (TPSA) is 43.8 Å². The molecule has 2 rings (SSSR count). The SMILES string of the molecule is CCCC(N)c1nc2cccc(Cl)c2n1CCC. The van der Waals surface area contributed by atoms with E-state index in [1.165, 1.54) is 0 Å². The van der Waals surface area contributed by atoms with Crippen LogP contribution in [0, 0.1) is 0 Å². The van der Waals surface area contributed by atoms with Gasteiger partial charge in [-0.1, -0.05) is 37.9 Å². The van der Waals surface area contributed by atoms with Crippen molar-refractivity contribution >= 4 is 22.6 Å². The summed E-state index contributed by atoms with van der Waals surface area (Å²) >= 11 is 6.29. The van der Waals surface area contributed by atoms with Crippen LogP contribution in [0.2, 0.25) is 5.02 Å². The minimum absolute atomic E-state index is 0.00924. The van der Waals surface area contributed by atoms with Crippen molar-refractivity contribution in [3.8, 4) is 0 Å². The molecule has 0 aliphatic carbocycles. The molecule has 0 amide bonds. The number of nitrogens with zero attached hydrogens (tertiary/aromatic N) is 2. The van der Waals surface area contributed by atoms with E-state index in [9.17, 15) is 0 Å². The second-order valence-electron chi connectivity index (χ2n) is 4.62. The fourth-order valence-electron chi connectivity index (χ4n) is 2.33. The number of aromatic nitrogens is 2. The van der Waals surface area contributed by atoms with E-state index in [1.54, 1.807) is 0 Å². The van der Waals surface area contributed by atoms with Crippen LogP contribution in [-0.4, -0.2) is 9.55 Å². The summed E-state index contributed by atoms with van der Waals surface area (Å²) in [7, 11) is 0. The van der Waals surface area contributed by atoms with Crippen molar-refractivity contribution in [1.82, 2.24) is 9.55 Å². The number of nitrogens with two attached hydrogens (primary N) is 1. The Bertz CT molecular complexity index is 533. The molecule has 0 spiro atoms. The highest BCUT2D eigenvalue weighted by molar-refractivity contribution is 6.35. The van der Waals surface area contributed by atoms with Crippen molar-refractivity contribution in [2.45, 2.75) is 45.7 Å². The Morgan fingerprint density at radius 3 is 2.78 bits per heavy atom. The Balaban J connectivity index is 2.58. The molecule has 3 nitrogen and oxygen atoms in total. The van der Waals surface area contributed by atoms with E-state index in [4.69, 9.17) is 17.3 Å². The summed E-state index contributed by atoms with van der Waals surface area (Å²) in [6, 6.07) is 5.83. The Hall–Kier alpha value is -1.06. The fourth-order valence-corrected chi connectivity index (χ4v) is 2.60. The summed E-state index contributed by atoms with van der Waals surface area (Å²) in [6.07, 6.45) is 3.05. The van der Waals surface area contributed by atoms with E-state index in [0.29, 0.717) is 0 Å². The molecule has 2 N–H and O–H groups in total.